The molecule has 1 saturated heterocycles. The van der Waals surface area contributed by atoms with Gasteiger partial charge in [0.05, 0.1) is 20.9 Å². The molecule has 2 heterocycles. The molecular formula is C22H23F2N5O4S. The quantitative estimate of drug-likeness (QED) is 0.652. The van der Waals surface area contributed by atoms with Gasteiger partial charge < -0.3 is 15.3 Å². The molecule has 34 heavy (non-hydrogen) atoms. The van der Waals surface area contributed by atoms with Crippen LogP contribution >= 0.6 is 0 Å². The maximum Gasteiger partial charge on any atom is 0.439 e. The first kappa shape index (κ1) is 25.0. The number of carboxylic acid groups (broad SMARTS) is 1. The smallest absolute Gasteiger partial charge is 0.439 e. The molecule has 12 heteroatoms. The molecule has 0 saturated carbocycles. The van der Waals surface area contributed by atoms with E-state index in [0.717, 1.165) is 0 Å². The third-order valence-electron chi connectivity index (χ3n) is 5.47. The van der Waals surface area contributed by atoms with E-state index in [2.05, 4.69) is 14.7 Å². The first-order valence-electron chi connectivity index (χ1n) is 10.3. The number of nitrogens with one attached hydrogen (secondary N) is 1. The summed E-state index contributed by atoms with van der Waals surface area (Å²) in [5, 5.41) is 20.9. The number of hydrogen-bond donors (Lipinski definition) is 2. The van der Waals surface area contributed by atoms with Crippen LogP contribution in [0.4, 0.5) is 25.1 Å². The lowest BCUT2D eigenvalue weighted by molar-refractivity contribution is -0.0102. The number of anilines is 2. The SMILES string of the molecule is Cc1c(C#N)cnc(N2CCCC(F)(F)CC2)c1C(=O)Nc1cccc(S(C)(=O)=NC(=O)O)c1. The van der Waals surface area contributed by atoms with E-state index < -0.39 is 27.7 Å². The average molecular weight is 492 g/mol. The van der Waals surface area contributed by atoms with Gasteiger partial charge in [-0.15, -0.1) is 4.36 Å². The Morgan fingerprint density at radius 2 is 2.06 bits per heavy atom. The van der Waals surface area contributed by atoms with Crippen LogP contribution in [-0.2, 0) is 9.73 Å². The zero-order chi connectivity index (χ0) is 25.1. The summed E-state index contributed by atoms with van der Waals surface area (Å²) in [5.74, 6) is -3.24. The lowest BCUT2D eigenvalue weighted by Gasteiger charge is -2.25. The third kappa shape index (κ3) is 5.66. The Labute approximate surface area is 195 Å². The van der Waals surface area contributed by atoms with Crippen LogP contribution in [0.2, 0.25) is 0 Å². The highest BCUT2D eigenvalue weighted by Crippen LogP contribution is 2.32. The van der Waals surface area contributed by atoms with E-state index in [4.69, 9.17) is 5.11 Å². The van der Waals surface area contributed by atoms with Gasteiger partial charge in [0.1, 0.15) is 11.9 Å². The number of nitrogens with zero attached hydrogens (tertiary/aromatic N) is 4. The highest BCUT2D eigenvalue weighted by molar-refractivity contribution is 7.93. The second-order valence-corrected chi connectivity index (χ2v) is 10.2. The fraction of sp³-hybridized carbons (Fsp3) is 0.364. The van der Waals surface area contributed by atoms with Gasteiger partial charge in [0.15, 0.2) is 0 Å². The van der Waals surface area contributed by atoms with Crippen molar-refractivity contribution in [3.05, 3.63) is 47.2 Å². The number of aromatic nitrogens is 1. The van der Waals surface area contributed by atoms with E-state index in [1.807, 2.05) is 6.07 Å². The first-order chi connectivity index (χ1) is 15.9. The van der Waals surface area contributed by atoms with Crippen LogP contribution in [-0.4, -0.2) is 51.6 Å². The molecule has 9 nitrogen and oxygen atoms in total. The Morgan fingerprint density at radius 3 is 2.74 bits per heavy atom. The molecular weight excluding hydrogens is 468 g/mol. The summed E-state index contributed by atoms with van der Waals surface area (Å²) in [5.41, 5.74) is 0.798. The number of alkyl halides is 2. The Hall–Kier alpha value is -3.59. The number of pyridine rings is 1. The van der Waals surface area contributed by atoms with Crippen LogP contribution in [0.25, 0.3) is 0 Å². The van der Waals surface area contributed by atoms with Gasteiger partial charge in [0, 0.05) is 49.0 Å². The van der Waals surface area contributed by atoms with Crippen molar-refractivity contribution in [3.8, 4) is 6.07 Å². The summed E-state index contributed by atoms with van der Waals surface area (Å²) >= 11 is 0. The molecule has 0 spiro atoms. The maximum atomic E-state index is 13.9. The highest BCUT2D eigenvalue weighted by Gasteiger charge is 2.33. The summed E-state index contributed by atoms with van der Waals surface area (Å²) in [7, 11) is -3.25. The zero-order valence-electron chi connectivity index (χ0n) is 18.5. The molecule has 1 unspecified atom stereocenters. The van der Waals surface area contributed by atoms with Gasteiger partial charge in [-0.25, -0.2) is 22.8 Å². The van der Waals surface area contributed by atoms with Crippen LogP contribution in [0.3, 0.4) is 0 Å². The standard InChI is InChI=1S/C22H23F2N5O4S/c1-14-15(12-25)13-26-19(29-9-4-7-22(23,24)8-10-29)18(14)20(30)27-16-5-3-6-17(11-16)34(2,33)28-21(31)32/h3,5-6,11,13H,4,7-10H2,1-2H3,(H,27,30)(H,31,32). The number of carbonyl (C=O) groups is 2. The van der Waals surface area contributed by atoms with E-state index in [1.165, 1.54) is 36.7 Å². The molecule has 3 rings (SSSR count). The molecule has 1 aromatic heterocycles. The highest BCUT2D eigenvalue weighted by atomic mass is 32.2. The van der Waals surface area contributed by atoms with E-state index >= 15 is 0 Å². The topological polar surface area (TPSA) is 136 Å². The lowest BCUT2D eigenvalue weighted by atomic mass is 10.0. The Morgan fingerprint density at radius 1 is 1.32 bits per heavy atom. The molecule has 0 radical (unpaired) electrons. The zero-order valence-corrected chi connectivity index (χ0v) is 19.4. The third-order valence-corrected chi connectivity index (χ3v) is 7.10. The van der Waals surface area contributed by atoms with Crippen molar-refractivity contribution in [3.63, 3.8) is 0 Å². The number of amides is 2. The molecule has 1 aliphatic rings. The van der Waals surface area contributed by atoms with Crippen LogP contribution in [0.5, 0.6) is 0 Å². The predicted octanol–water partition coefficient (Wildman–Crippen LogP) is 4.27. The van der Waals surface area contributed by atoms with Crippen molar-refractivity contribution in [2.24, 2.45) is 4.36 Å². The number of benzene rings is 1. The largest absolute Gasteiger partial charge is 0.463 e. The molecule has 180 valence electrons. The van der Waals surface area contributed by atoms with E-state index in [-0.39, 0.29) is 59.9 Å². The minimum atomic E-state index is -3.25. The average Bonchev–Trinajstić information content (AvgIpc) is 2.93. The first-order valence-corrected chi connectivity index (χ1v) is 12.2. The summed E-state index contributed by atoms with van der Waals surface area (Å²) in [4.78, 5) is 30.1. The Bertz CT molecular complexity index is 1300. The van der Waals surface area contributed by atoms with Crippen molar-refractivity contribution < 1.29 is 27.7 Å². The fourth-order valence-corrected chi connectivity index (χ4v) is 4.77. The van der Waals surface area contributed by atoms with Crippen molar-refractivity contribution in [2.45, 2.75) is 37.0 Å². The Balaban J connectivity index is 1.99. The number of rotatable bonds is 4. The summed E-state index contributed by atoms with van der Waals surface area (Å²) in [6.45, 7) is 1.85. The van der Waals surface area contributed by atoms with Gasteiger partial charge in [0.2, 0.25) is 5.92 Å². The van der Waals surface area contributed by atoms with E-state index in [0.29, 0.717) is 5.56 Å². The van der Waals surface area contributed by atoms with Crippen molar-refractivity contribution in [1.29, 1.82) is 5.26 Å². The van der Waals surface area contributed by atoms with Crippen LogP contribution < -0.4 is 10.2 Å². The molecule has 2 N–H and O–H groups in total. The molecule has 0 bridgehead atoms. The number of nitriles is 1. The van der Waals surface area contributed by atoms with Crippen molar-refractivity contribution >= 4 is 33.2 Å². The molecule has 1 fully saturated rings. The minimum Gasteiger partial charge on any atom is -0.463 e. The second kappa shape index (κ2) is 9.72. The van der Waals surface area contributed by atoms with Crippen LogP contribution in [0, 0.1) is 18.3 Å². The maximum absolute atomic E-state index is 13.9. The van der Waals surface area contributed by atoms with Crippen molar-refractivity contribution in [2.75, 3.05) is 29.6 Å². The molecule has 1 aromatic carbocycles. The molecule has 1 aliphatic heterocycles. The summed E-state index contributed by atoms with van der Waals surface area (Å²) < 4.78 is 43.6. The monoisotopic (exact) mass is 491 g/mol. The number of halogens is 2. The number of hydrogen-bond acceptors (Lipinski definition) is 6. The lowest BCUT2D eigenvalue weighted by Crippen LogP contribution is -2.30. The summed E-state index contributed by atoms with van der Waals surface area (Å²) in [6.07, 6.45) is 0.475. The number of carbonyl (C=O) groups excluding carboxylic acids is 1. The summed E-state index contributed by atoms with van der Waals surface area (Å²) in [6, 6.07) is 7.74. The van der Waals surface area contributed by atoms with Gasteiger partial charge in [-0.3, -0.25) is 4.79 Å². The van der Waals surface area contributed by atoms with Gasteiger partial charge in [-0.05, 0) is 37.1 Å². The van der Waals surface area contributed by atoms with Crippen LogP contribution in [0.15, 0.2) is 39.7 Å². The molecule has 1 atom stereocenters. The normalized spacial score (nSPS) is 17.1. The molecule has 2 aromatic rings. The fourth-order valence-electron chi connectivity index (χ4n) is 3.69. The van der Waals surface area contributed by atoms with Gasteiger partial charge in [-0.1, -0.05) is 6.07 Å². The van der Waals surface area contributed by atoms with Gasteiger partial charge >= 0.3 is 6.09 Å². The van der Waals surface area contributed by atoms with Gasteiger partial charge in [0.25, 0.3) is 5.91 Å². The van der Waals surface area contributed by atoms with Crippen LogP contribution in [0.1, 0.15) is 40.7 Å². The minimum absolute atomic E-state index is 0.00427. The Kier molecular flexibility index (Phi) is 7.16. The van der Waals surface area contributed by atoms with Crippen molar-refractivity contribution in [1.82, 2.24) is 4.98 Å². The van der Waals surface area contributed by atoms with E-state index in [9.17, 15) is 27.8 Å². The van der Waals surface area contributed by atoms with E-state index in [1.54, 1.807) is 11.8 Å². The predicted molar refractivity (Wildman–Crippen MR) is 122 cm³/mol. The molecule has 0 aliphatic carbocycles. The second-order valence-electron chi connectivity index (χ2n) is 7.96. The van der Waals surface area contributed by atoms with Gasteiger partial charge in [-0.2, -0.15) is 5.26 Å². The molecule has 2 amide bonds.